The Morgan fingerprint density at radius 2 is 1.43 bits per heavy atom. The zero-order valence-corrected chi connectivity index (χ0v) is 36.4. The van der Waals surface area contributed by atoms with Crippen molar-refractivity contribution in [3.63, 3.8) is 0 Å². The molecule has 0 bridgehead atoms. The van der Waals surface area contributed by atoms with Gasteiger partial charge in [-0.05, 0) is 91.4 Å². The summed E-state index contributed by atoms with van der Waals surface area (Å²) in [6.45, 7) is 15.0. The van der Waals surface area contributed by atoms with Crippen LogP contribution in [0.25, 0.3) is 0 Å². The number of carbonyl (C=O) groups excluding carboxylic acids is 2. The third-order valence-corrected chi connectivity index (χ3v) is 17.6. The number of allylic oxidation sites excluding steroid dienone is 2. The molecule has 2 aliphatic heterocycles. The van der Waals surface area contributed by atoms with Crippen LogP contribution in [0.4, 0.5) is 0 Å². The first-order valence-corrected chi connectivity index (χ1v) is 21.7. The number of fused-ring (bicyclic) bond motifs is 7. The van der Waals surface area contributed by atoms with Crippen molar-refractivity contribution in [3.05, 3.63) is 11.6 Å². The highest BCUT2D eigenvalue weighted by Gasteiger charge is 2.72. The smallest absolute Gasteiger partial charge is 0.335 e. The third kappa shape index (κ3) is 6.94. The Hall–Kier alpha value is -2.58. The molecule has 6 fully saturated rings. The summed E-state index contributed by atoms with van der Waals surface area (Å²) in [5.41, 5.74) is -3.05. The molecule has 7 rings (SSSR count). The van der Waals surface area contributed by atoms with Gasteiger partial charge in [0.05, 0.1) is 18.1 Å². The van der Waals surface area contributed by atoms with E-state index in [4.69, 9.17) is 23.7 Å². The Balaban J connectivity index is 1.19. The van der Waals surface area contributed by atoms with Gasteiger partial charge in [-0.15, -0.1) is 0 Å². The lowest BCUT2D eigenvalue weighted by Crippen LogP contribution is -2.68. The van der Waals surface area contributed by atoms with Gasteiger partial charge in [-0.25, -0.2) is 4.79 Å². The number of esters is 1. The number of rotatable bonds is 8. The number of aliphatic carboxylic acids is 2. The molecule has 17 heteroatoms. The molecule has 7 aliphatic rings. The number of ketones is 1. The summed E-state index contributed by atoms with van der Waals surface area (Å²) in [6, 6.07) is 0. The molecule has 0 spiro atoms. The van der Waals surface area contributed by atoms with Gasteiger partial charge >= 0.3 is 17.9 Å². The van der Waals surface area contributed by atoms with Crippen LogP contribution in [0, 0.1) is 50.2 Å². The normalized spacial score (nSPS) is 51.7. The fraction of sp³-hybridized carbons (Fsp3) is 0.864. The molecular formula is C44H66O17. The second kappa shape index (κ2) is 15.5. The van der Waals surface area contributed by atoms with Crippen molar-refractivity contribution in [2.45, 2.75) is 180 Å². The van der Waals surface area contributed by atoms with E-state index in [1.54, 1.807) is 13.0 Å². The minimum Gasteiger partial charge on any atom is -0.481 e. The van der Waals surface area contributed by atoms with Crippen molar-refractivity contribution < 1.29 is 83.7 Å². The number of ether oxygens (including phenoxy) is 5. The van der Waals surface area contributed by atoms with Gasteiger partial charge in [-0.1, -0.05) is 47.1 Å². The van der Waals surface area contributed by atoms with Crippen LogP contribution in [-0.2, 0) is 42.9 Å². The molecule has 0 aromatic rings. The van der Waals surface area contributed by atoms with Gasteiger partial charge in [-0.3, -0.25) is 14.4 Å². The van der Waals surface area contributed by atoms with Gasteiger partial charge in [0.2, 0.25) is 0 Å². The number of aliphatic hydroxyl groups is 6. The van der Waals surface area contributed by atoms with E-state index in [1.807, 2.05) is 13.8 Å². The lowest BCUT2D eigenvalue weighted by atomic mass is 9.33. The fourth-order valence-electron chi connectivity index (χ4n) is 13.8. The number of aliphatic hydroxyl groups excluding tert-OH is 6. The van der Waals surface area contributed by atoms with E-state index >= 15 is 4.79 Å². The number of carboxylic acids is 2. The first-order chi connectivity index (χ1) is 28.2. The minimum atomic E-state index is -2.00. The average molecular weight is 867 g/mol. The summed E-state index contributed by atoms with van der Waals surface area (Å²) >= 11 is 0. The van der Waals surface area contributed by atoms with Crippen LogP contribution in [0.15, 0.2) is 11.6 Å². The van der Waals surface area contributed by atoms with Crippen molar-refractivity contribution in [2.24, 2.45) is 50.2 Å². The maximum Gasteiger partial charge on any atom is 0.335 e. The first kappa shape index (κ1) is 46.4. The Bertz CT molecular complexity index is 1800. The summed E-state index contributed by atoms with van der Waals surface area (Å²) < 4.78 is 29.7. The minimum absolute atomic E-state index is 0.0155. The molecule has 17 nitrogen and oxygen atoms in total. The van der Waals surface area contributed by atoms with Gasteiger partial charge in [0.1, 0.15) is 48.8 Å². The molecule has 20 atom stereocenters. The molecule has 2 heterocycles. The maximum absolute atomic E-state index is 15.0. The largest absolute Gasteiger partial charge is 0.481 e. The summed E-state index contributed by atoms with van der Waals surface area (Å²) in [5.74, 6) is -3.87. The van der Waals surface area contributed by atoms with Gasteiger partial charge in [0, 0.05) is 24.7 Å². The molecule has 61 heavy (non-hydrogen) atoms. The molecular weight excluding hydrogens is 800 g/mol. The van der Waals surface area contributed by atoms with Crippen LogP contribution in [0.5, 0.6) is 0 Å². The Kier molecular flexibility index (Phi) is 11.8. The first-order valence-electron chi connectivity index (χ1n) is 21.7. The molecule has 0 aromatic heterocycles. The van der Waals surface area contributed by atoms with E-state index in [9.17, 15) is 55.2 Å². The van der Waals surface area contributed by atoms with E-state index in [1.165, 1.54) is 6.92 Å². The van der Waals surface area contributed by atoms with Crippen molar-refractivity contribution in [1.82, 2.24) is 0 Å². The molecule has 0 radical (unpaired) electrons. The topological polar surface area (TPSA) is 276 Å². The fourth-order valence-corrected chi connectivity index (χ4v) is 13.8. The van der Waals surface area contributed by atoms with Crippen molar-refractivity contribution in [3.8, 4) is 0 Å². The maximum atomic E-state index is 15.0. The monoisotopic (exact) mass is 866 g/mol. The van der Waals surface area contributed by atoms with E-state index in [0.29, 0.717) is 38.5 Å². The predicted molar refractivity (Wildman–Crippen MR) is 210 cm³/mol. The van der Waals surface area contributed by atoms with E-state index in [2.05, 4.69) is 27.7 Å². The van der Waals surface area contributed by atoms with E-state index < -0.39 is 137 Å². The summed E-state index contributed by atoms with van der Waals surface area (Å²) in [6.07, 6.45) is -13.0. The van der Waals surface area contributed by atoms with Crippen LogP contribution in [-0.4, -0.2) is 145 Å². The zero-order chi connectivity index (χ0) is 45.2. The Morgan fingerprint density at radius 3 is 2.03 bits per heavy atom. The molecule has 8 N–H and O–H groups in total. The molecule has 4 saturated carbocycles. The average Bonchev–Trinajstić information content (AvgIpc) is 3.16. The summed E-state index contributed by atoms with van der Waals surface area (Å²) in [5, 5.41) is 83.7. The molecule has 0 unspecified atom stereocenters. The molecule has 0 amide bonds. The predicted octanol–water partition coefficient (Wildman–Crippen LogP) is 1.69. The molecule has 2 saturated heterocycles. The Morgan fingerprint density at radius 1 is 0.754 bits per heavy atom. The summed E-state index contributed by atoms with van der Waals surface area (Å²) in [7, 11) is 0. The lowest BCUT2D eigenvalue weighted by molar-refractivity contribution is -0.374. The molecule has 0 aromatic carbocycles. The Labute approximate surface area is 355 Å². The van der Waals surface area contributed by atoms with Crippen LogP contribution in [0.2, 0.25) is 0 Å². The number of carboxylic acid groups (broad SMARTS) is 2. The van der Waals surface area contributed by atoms with Crippen LogP contribution in [0.3, 0.4) is 0 Å². The van der Waals surface area contributed by atoms with Crippen LogP contribution >= 0.6 is 0 Å². The van der Waals surface area contributed by atoms with Crippen molar-refractivity contribution in [2.75, 3.05) is 6.61 Å². The van der Waals surface area contributed by atoms with Gasteiger partial charge in [-0.2, -0.15) is 0 Å². The second-order valence-corrected chi connectivity index (χ2v) is 21.2. The quantitative estimate of drug-likeness (QED) is 0.127. The van der Waals surface area contributed by atoms with E-state index in [0.717, 1.165) is 12.0 Å². The highest BCUT2D eigenvalue weighted by molar-refractivity contribution is 5.95. The van der Waals surface area contributed by atoms with Crippen LogP contribution < -0.4 is 0 Å². The standard InChI is InChI=1S/C44H66O17/c1-19(46)57-26-17-40(4,38(55)56)16-21-20-15-22(47)34-42(6)11-10-25(39(2,3)24(42)9-12-44(34,8)43(20,7)14-13-41(21,26)5)59-37-33(30(51)29(50)32(60-37)35(53)54)61-36-31(52)28(49)27(48)23(18-45)58-36/h15,21,23-34,36-37,45,48-52H,9-14,16-18H2,1-8H3,(H,53,54)(H,55,56)/t21-,23+,24+,25+,26-,27-,28-,29-,30-,31+,32-,33+,34-,36-,37+,40-,41-,42+,43-,44-/m0/s1. The second-order valence-electron chi connectivity index (χ2n) is 21.2. The lowest BCUT2D eigenvalue weighted by Gasteiger charge is -2.71. The summed E-state index contributed by atoms with van der Waals surface area (Å²) in [4.78, 5) is 52.4. The van der Waals surface area contributed by atoms with E-state index in [-0.39, 0.29) is 24.0 Å². The number of hydrogen-bond acceptors (Lipinski definition) is 15. The van der Waals surface area contributed by atoms with Gasteiger partial charge in [0.25, 0.3) is 0 Å². The SMILES string of the molecule is CC(=O)O[C@H]1C[C@@](C)(C(=O)O)C[C@H]2C3=CC(=O)[C@H]4[C@]5(C)CC[C@@H](O[C@@H]6O[C@H](C(=O)O)[C@@H](O)[C@H](O)[C@H]6O[C@@H]6O[C@H](CO)[C@H](O)[C@H](O)[C@H]6O)C(C)(C)[C@H]5CC[C@]4(C)[C@@]3(C)CC[C@]12C. The highest BCUT2D eigenvalue weighted by Crippen LogP contribution is 2.75. The van der Waals surface area contributed by atoms with Gasteiger partial charge in [0.15, 0.2) is 24.5 Å². The number of hydrogen-bond donors (Lipinski definition) is 8. The molecule has 344 valence electrons. The van der Waals surface area contributed by atoms with Crippen molar-refractivity contribution >= 4 is 23.7 Å². The highest BCUT2D eigenvalue weighted by atomic mass is 16.8. The zero-order valence-electron chi connectivity index (χ0n) is 36.4. The number of carbonyl (C=O) groups is 4. The van der Waals surface area contributed by atoms with Crippen LogP contribution in [0.1, 0.15) is 107 Å². The third-order valence-electron chi connectivity index (χ3n) is 17.6. The molecule has 5 aliphatic carbocycles. The van der Waals surface area contributed by atoms with Crippen molar-refractivity contribution in [1.29, 1.82) is 0 Å². The van der Waals surface area contributed by atoms with Gasteiger partial charge < -0.3 is 64.5 Å².